The average Bonchev–Trinajstić information content (AvgIpc) is 2.89. The highest BCUT2D eigenvalue weighted by molar-refractivity contribution is 5.93. The Morgan fingerprint density at radius 1 is 1.33 bits per heavy atom. The monoisotopic (exact) mass is 287 g/mol. The molecule has 21 heavy (non-hydrogen) atoms. The Hall–Kier alpha value is -2.43. The molecule has 1 aromatic heterocycles. The van der Waals surface area contributed by atoms with Gasteiger partial charge in [-0.05, 0) is 37.1 Å². The molecule has 1 heterocycles. The van der Waals surface area contributed by atoms with Crippen LogP contribution in [0.2, 0.25) is 0 Å². The summed E-state index contributed by atoms with van der Waals surface area (Å²) in [4.78, 5) is 12.1. The van der Waals surface area contributed by atoms with Gasteiger partial charge in [0.15, 0.2) is 0 Å². The van der Waals surface area contributed by atoms with Crippen LogP contribution < -0.4 is 15.8 Å². The van der Waals surface area contributed by atoms with Crippen molar-refractivity contribution < 1.29 is 9.53 Å². The third-order valence-electron chi connectivity index (χ3n) is 3.35. The molecular formula is C16H21N3O2. The van der Waals surface area contributed by atoms with E-state index in [0.29, 0.717) is 17.9 Å². The van der Waals surface area contributed by atoms with Crippen molar-refractivity contribution >= 4 is 11.6 Å². The molecule has 0 fully saturated rings. The van der Waals surface area contributed by atoms with Crippen molar-refractivity contribution in [1.82, 2.24) is 9.88 Å². The van der Waals surface area contributed by atoms with Gasteiger partial charge in [0.25, 0.3) is 5.91 Å². The normalized spacial score (nSPS) is 10.4. The molecule has 5 nitrogen and oxygen atoms in total. The second-order valence-electron chi connectivity index (χ2n) is 4.80. The molecule has 2 aromatic rings. The summed E-state index contributed by atoms with van der Waals surface area (Å²) in [5.74, 6) is 0.737. The van der Waals surface area contributed by atoms with Crippen molar-refractivity contribution in [3.8, 4) is 5.75 Å². The second kappa shape index (κ2) is 6.83. The topological polar surface area (TPSA) is 69.3 Å². The summed E-state index contributed by atoms with van der Waals surface area (Å²) < 4.78 is 6.96. The summed E-state index contributed by atoms with van der Waals surface area (Å²) in [6.07, 6.45) is 2.55. The van der Waals surface area contributed by atoms with Gasteiger partial charge in [-0.15, -0.1) is 0 Å². The van der Waals surface area contributed by atoms with E-state index in [2.05, 4.69) is 5.32 Å². The lowest BCUT2D eigenvalue weighted by atomic mass is 10.1. The predicted molar refractivity (Wildman–Crippen MR) is 83.5 cm³/mol. The van der Waals surface area contributed by atoms with Crippen LogP contribution in [0.1, 0.15) is 23.0 Å². The first-order valence-corrected chi connectivity index (χ1v) is 7.00. The third-order valence-corrected chi connectivity index (χ3v) is 3.35. The zero-order valence-electron chi connectivity index (χ0n) is 12.4. The highest BCUT2D eigenvalue weighted by atomic mass is 16.5. The highest BCUT2D eigenvalue weighted by Crippen LogP contribution is 2.12. The molecule has 0 aliphatic rings. The minimum absolute atomic E-state index is 0.0953. The molecule has 1 amide bonds. The Morgan fingerprint density at radius 2 is 2.05 bits per heavy atom. The largest absolute Gasteiger partial charge is 0.497 e. The van der Waals surface area contributed by atoms with Crippen LogP contribution in [0.15, 0.2) is 36.5 Å². The van der Waals surface area contributed by atoms with Gasteiger partial charge in [-0.3, -0.25) is 4.79 Å². The first-order valence-electron chi connectivity index (χ1n) is 7.00. The summed E-state index contributed by atoms with van der Waals surface area (Å²) >= 11 is 0. The SMILES string of the molecule is CCn1cc(N)cc1C(=O)NCCc1ccc(OC)cc1. The van der Waals surface area contributed by atoms with E-state index in [-0.39, 0.29) is 5.91 Å². The number of carbonyl (C=O) groups is 1. The molecule has 5 heteroatoms. The number of nitrogens with two attached hydrogens (primary N) is 1. The number of amides is 1. The van der Waals surface area contributed by atoms with E-state index in [4.69, 9.17) is 10.5 Å². The quantitative estimate of drug-likeness (QED) is 0.854. The van der Waals surface area contributed by atoms with Gasteiger partial charge >= 0.3 is 0 Å². The fraction of sp³-hybridized carbons (Fsp3) is 0.312. The third kappa shape index (κ3) is 3.78. The van der Waals surface area contributed by atoms with Gasteiger partial charge in [0.05, 0.1) is 12.8 Å². The smallest absolute Gasteiger partial charge is 0.267 e. The number of nitrogen functional groups attached to an aromatic ring is 1. The lowest BCUT2D eigenvalue weighted by Crippen LogP contribution is -2.27. The van der Waals surface area contributed by atoms with Crippen LogP contribution in [0.4, 0.5) is 5.69 Å². The van der Waals surface area contributed by atoms with Gasteiger partial charge in [-0.1, -0.05) is 12.1 Å². The van der Waals surface area contributed by atoms with E-state index in [9.17, 15) is 4.79 Å². The molecule has 3 N–H and O–H groups in total. The first-order chi connectivity index (χ1) is 10.1. The number of benzene rings is 1. The Labute approximate surface area is 124 Å². The zero-order chi connectivity index (χ0) is 15.2. The van der Waals surface area contributed by atoms with E-state index in [1.54, 1.807) is 19.4 Å². The van der Waals surface area contributed by atoms with Crippen LogP contribution >= 0.6 is 0 Å². The number of nitrogens with zero attached hydrogens (tertiary/aromatic N) is 1. The zero-order valence-corrected chi connectivity index (χ0v) is 12.4. The maximum atomic E-state index is 12.1. The van der Waals surface area contributed by atoms with Gasteiger partial charge in [0.2, 0.25) is 0 Å². The highest BCUT2D eigenvalue weighted by Gasteiger charge is 2.11. The summed E-state index contributed by atoms with van der Waals surface area (Å²) in [5, 5.41) is 2.92. The van der Waals surface area contributed by atoms with Crippen molar-refractivity contribution in [3.63, 3.8) is 0 Å². The second-order valence-corrected chi connectivity index (χ2v) is 4.80. The van der Waals surface area contributed by atoms with Crippen LogP contribution in [-0.2, 0) is 13.0 Å². The Balaban J connectivity index is 1.88. The molecule has 0 atom stereocenters. The van der Waals surface area contributed by atoms with Gasteiger partial charge in [0.1, 0.15) is 11.4 Å². The van der Waals surface area contributed by atoms with Crippen molar-refractivity contribution in [2.24, 2.45) is 0 Å². The van der Waals surface area contributed by atoms with Gasteiger partial charge in [0, 0.05) is 19.3 Å². The fourth-order valence-electron chi connectivity index (χ4n) is 2.19. The van der Waals surface area contributed by atoms with E-state index in [0.717, 1.165) is 24.3 Å². The number of carbonyl (C=O) groups excluding carboxylic acids is 1. The number of aromatic nitrogens is 1. The summed E-state index contributed by atoms with van der Waals surface area (Å²) in [7, 11) is 1.64. The lowest BCUT2D eigenvalue weighted by Gasteiger charge is -2.08. The van der Waals surface area contributed by atoms with Crippen LogP contribution in [0.3, 0.4) is 0 Å². The number of hydrogen-bond donors (Lipinski definition) is 2. The van der Waals surface area contributed by atoms with Crippen LogP contribution in [0.5, 0.6) is 5.75 Å². The molecule has 0 spiro atoms. The molecular weight excluding hydrogens is 266 g/mol. The van der Waals surface area contributed by atoms with Crippen molar-refractivity contribution in [3.05, 3.63) is 47.8 Å². The number of ether oxygens (including phenoxy) is 1. The molecule has 112 valence electrons. The van der Waals surface area contributed by atoms with E-state index >= 15 is 0 Å². The van der Waals surface area contributed by atoms with Crippen LogP contribution in [0.25, 0.3) is 0 Å². The number of methoxy groups -OCH3 is 1. The number of aryl methyl sites for hydroxylation is 1. The fourth-order valence-corrected chi connectivity index (χ4v) is 2.19. The Morgan fingerprint density at radius 3 is 2.67 bits per heavy atom. The van der Waals surface area contributed by atoms with Crippen molar-refractivity contribution in [2.75, 3.05) is 19.4 Å². The molecule has 0 aliphatic heterocycles. The molecule has 0 radical (unpaired) electrons. The van der Waals surface area contributed by atoms with Gasteiger partial charge in [-0.2, -0.15) is 0 Å². The number of anilines is 1. The molecule has 2 rings (SSSR count). The summed E-state index contributed by atoms with van der Waals surface area (Å²) in [5.41, 5.74) is 8.09. The molecule has 0 saturated carbocycles. The lowest BCUT2D eigenvalue weighted by molar-refractivity contribution is 0.0945. The maximum Gasteiger partial charge on any atom is 0.267 e. The molecule has 0 bridgehead atoms. The van der Waals surface area contributed by atoms with E-state index < -0.39 is 0 Å². The Kier molecular flexibility index (Phi) is 4.87. The Bertz CT molecular complexity index is 602. The van der Waals surface area contributed by atoms with Gasteiger partial charge in [-0.25, -0.2) is 0 Å². The number of hydrogen-bond acceptors (Lipinski definition) is 3. The standard InChI is InChI=1S/C16H21N3O2/c1-3-19-11-13(17)10-15(19)16(20)18-9-8-12-4-6-14(21-2)7-5-12/h4-7,10-11H,3,8-9,17H2,1-2H3,(H,18,20). The van der Waals surface area contributed by atoms with Crippen molar-refractivity contribution in [2.45, 2.75) is 19.9 Å². The molecule has 0 saturated heterocycles. The van der Waals surface area contributed by atoms with Crippen molar-refractivity contribution in [1.29, 1.82) is 0 Å². The summed E-state index contributed by atoms with van der Waals surface area (Å²) in [6, 6.07) is 9.53. The minimum Gasteiger partial charge on any atom is -0.497 e. The summed E-state index contributed by atoms with van der Waals surface area (Å²) in [6.45, 7) is 3.28. The van der Waals surface area contributed by atoms with E-state index in [1.807, 2.05) is 35.8 Å². The maximum absolute atomic E-state index is 12.1. The average molecular weight is 287 g/mol. The first kappa shape index (κ1) is 15.0. The molecule has 0 unspecified atom stereocenters. The van der Waals surface area contributed by atoms with E-state index in [1.165, 1.54) is 0 Å². The molecule has 1 aromatic carbocycles. The van der Waals surface area contributed by atoms with Crippen LogP contribution in [0, 0.1) is 0 Å². The number of rotatable bonds is 6. The number of nitrogens with one attached hydrogen (secondary N) is 1. The van der Waals surface area contributed by atoms with Gasteiger partial charge < -0.3 is 20.4 Å². The minimum atomic E-state index is -0.0953. The predicted octanol–water partition coefficient (Wildman–Crippen LogP) is 2.07. The molecule has 0 aliphatic carbocycles. The van der Waals surface area contributed by atoms with Crippen LogP contribution in [-0.4, -0.2) is 24.1 Å².